The zero-order valence-corrected chi connectivity index (χ0v) is 17.9. The van der Waals surface area contributed by atoms with Gasteiger partial charge in [0.25, 0.3) is 0 Å². The largest absolute Gasteiger partial charge is 0.478 e. The van der Waals surface area contributed by atoms with Crippen LogP contribution in [-0.4, -0.2) is 20.6 Å². The van der Waals surface area contributed by atoms with Gasteiger partial charge in [0.15, 0.2) is 5.82 Å². The molecule has 0 spiro atoms. The van der Waals surface area contributed by atoms with Gasteiger partial charge in [-0.15, -0.1) is 11.3 Å². The monoisotopic (exact) mass is 456 g/mol. The number of carboxylic acids is 1. The van der Waals surface area contributed by atoms with E-state index in [9.17, 15) is 9.18 Å². The number of aromatic nitrogens is 2. The van der Waals surface area contributed by atoms with Crippen LogP contribution >= 0.6 is 22.9 Å². The highest BCUT2D eigenvalue weighted by Gasteiger charge is 2.14. The molecule has 0 radical (unpaired) electrons. The second kappa shape index (κ2) is 9.43. The number of imidazole rings is 1. The molecular formula is C23H18ClFN2O3S. The third-order valence-corrected chi connectivity index (χ3v) is 5.83. The average Bonchev–Trinajstić information content (AvgIpc) is 3.36. The maximum Gasteiger partial charge on any atom is 0.335 e. The van der Waals surface area contributed by atoms with Crippen LogP contribution < -0.4 is 0 Å². The van der Waals surface area contributed by atoms with Crippen molar-refractivity contribution in [3.8, 4) is 10.7 Å². The van der Waals surface area contributed by atoms with Gasteiger partial charge in [-0.25, -0.2) is 14.2 Å². The number of thiophene rings is 1. The number of hydrogen-bond acceptors (Lipinski definition) is 4. The Labute approximate surface area is 187 Å². The molecule has 0 aliphatic heterocycles. The number of benzene rings is 2. The lowest BCUT2D eigenvalue weighted by molar-refractivity contribution is 0.0697. The second-order valence-corrected chi connectivity index (χ2v) is 8.62. The molecule has 8 heteroatoms. The fraction of sp³-hybridized carbons (Fsp3) is 0.130. The topological polar surface area (TPSA) is 64.3 Å². The minimum absolute atomic E-state index is 0.245. The normalized spacial score (nSPS) is 11.0. The number of carbonyl (C=O) groups is 1. The zero-order chi connectivity index (χ0) is 21.8. The number of carboxylic acid groups (broad SMARTS) is 1. The molecule has 0 saturated heterocycles. The van der Waals surface area contributed by atoms with Gasteiger partial charge in [0.05, 0.1) is 33.7 Å². The van der Waals surface area contributed by atoms with E-state index < -0.39 is 5.97 Å². The van der Waals surface area contributed by atoms with Gasteiger partial charge in [0.2, 0.25) is 0 Å². The Morgan fingerprint density at radius 2 is 1.74 bits per heavy atom. The standard InChI is InChI=1S/C23H18ClFN2O3S/c24-21-10-9-20(31-21)22-26-19(14-30-13-16-3-7-18(25)8-4-16)12-27(22)11-15-1-5-17(6-2-15)23(28)29/h1-10,12H,11,13-14H2,(H,28,29). The molecule has 4 aromatic rings. The first-order valence-corrected chi connectivity index (χ1v) is 10.6. The molecule has 0 unspecified atom stereocenters. The molecule has 0 amide bonds. The molecule has 2 heterocycles. The smallest absolute Gasteiger partial charge is 0.335 e. The Hall–Kier alpha value is -3.00. The molecule has 158 valence electrons. The fourth-order valence-electron chi connectivity index (χ4n) is 3.09. The van der Waals surface area contributed by atoms with Gasteiger partial charge in [-0.05, 0) is 47.5 Å². The number of hydrogen-bond donors (Lipinski definition) is 1. The molecule has 2 aromatic heterocycles. The third kappa shape index (κ3) is 5.38. The summed E-state index contributed by atoms with van der Waals surface area (Å²) in [6, 6.07) is 16.7. The van der Waals surface area contributed by atoms with E-state index in [1.165, 1.54) is 23.5 Å². The Morgan fingerprint density at radius 3 is 2.39 bits per heavy atom. The van der Waals surface area contributed by atoms with E-state index in [1.54, 1.807) is 36.4 Å². The minimum atomic E-state index is -0.955. The van der Waals surface area contributed by atoms with E-state index in [0.717, 1.165) is 27.5 Å². The van der Waals surface area contributed by atoms with Crippen molar-refractivity contribution >= 4 is 28.9 Å². The molecule has 5 nitrogen and oxygen atoms in total. The van der Waals surface area contributed by atoms with Crippen LogP contribution in [-0.2, 0) is 24.5 Å². The molecule has 2 aromatic carbocycles. The summed E-state index contributed by atoms with van der Waals surface area (Å²) < 4.78 is 21.5. The second-order valence-electron chi connectivity index (χ2n) is 6.91. The fourth-order valence-corrected chi connectivity index (χ4v) is 4.14. The van der Waals surface area contributed by atoms with Gasteiger partial charge < -0.3 is 14.4 Å². The van der Waals surface area contributed by atoms with Crippen LogP contribution in [0, 0.1) is 5.82 Å². The summed E-state index contributed by atoms with van der Waals surface area (Å²) in [7, 11) is 0. The number of nitrogens with zero attached hydrogens (tertiary/aromatic N) is 2. The van der Waals surface area contributed by atoms with Crippen molar-refractivity contribution in [2.75, 3.05) is 0 Å². The quantitative estimate of drug-likeness (QED) is 0.360. The van der Waals surface area contributed by atoms with Crippen LogP contribution in [0.4, 0.5) is 4.39 Å². The molecule has 1 N–H and O–H groups in total. The van der Waals surface area contributed by atoms with Crippen LogP contribution in [0.3, 0.4) is 0 Å². The summed E-state index contributed by atoms with van der Waals surface area (Å²) in [6.07, 6.45) is 1.92. The predicted molar refractivity (Wildman–Crippen MR) is 118 cm³/mol. The lowest BCUT2D eigenvalue weighted by Gasteiger charge is -2.07. The first-order valence-electron chi connectivity index (χ1n) is 9.44. The summed E-state index contributed by atoms with van der Waals surface area (Å²) >= 11 is 7.55. The average molecular weight is 457 g/mol. The number of halogens is 2. The molecule has 0 atom stereocenters. The number of ether oxygens (including phenoxy) is 1. The van der Waals surface area contributed by atoms with Gasteiger partial charge in [-0.2, -0.15) is 0 Å². The van der Waals surface area contributed by atoms with Crippen molar-refractivity contribution in [3.05, 3.63) is 99.4 Å². The van der Waals surface area contributed by atoms with Crippen LogP contribution in [0.5, 0.6) is 0 Å². The molecule has 0 saturated carbocycles. The Morgan fingerprint density at radius 1 is 1.03 bits per heavy atom. The van der Waals surface area contributed by atoms with Crippen molar-refractivity contribution in [2.24, 2.45) is 0 Å². The number of aromatic carboxylic acids is 1. The van der Waals surface area contributed by atoms with Gasteiger partial charge in [0, 0.05) is 12.7 Å². The van der Waals surface area contributed by atoms with Crippen molar-refractivity contribution in [1.82, 2.24) is 9.55 Å². The highest BCUT2D eigenvalue weighted by Crippen LogP contribution is 2.31. The molecule has 4 rings (SSSR count). The van der Waals surface area contributed by atoms with Crippen molar-refractivity contribution in [1.29, 1.82) is 0 Å². The predicted octanol–water partition coefficient (Wildman–Crippen LogP) is 5.87. The first kappa shape index (κ1) is 21.2. The van der Waals surface area contributed by atoms with Crippen molar-refractivity contribution in [2.45, 2.75) is 19.8 Å². The molecule has 0 aliphatic rings. The minimum Gasteiger partial charge on any atom is -0.478 e. The zero-order valence-electron chi connectivity index (χ0n) is 16.3. The van der Waals surface area contributed by atoms with Gasteiger partial charge in [0.1, 0.15) is 5.82 Å². The summed E-state index contributed by atoms with van der Waals surface area (Å²) in [4.78, 5) is 16.7. The van der Waals surface area contributed by atoms with E-state index in [-0.39, 0.29) is 11.4 Å². The van der Waals surface area contributed by atoms with Crippen molar-refractivity contribution in [3.63, 3.8) is 0 Å². The van der Waals surface area contributed by atoms with Crippen LogP contribution in [0.1, 0.15) is 27.2 Å². The summed E-state index contributed by atoms with van der Waals surface area (Å²) in [6.45, 7) is 1.17. The van der Waals surface area contributed by atoms with E-state index in [4.69, 9.17) is 26.4 Å². The van der Waals surface area contributed by atoms with E-state index >= 15 is 0 Å². The van der Waals surface area contributed by atoms with Crippen LogP contribution in [0.15, 0.2) is 66.9 Å². The lowest BCUT2D eigenvalue weighted by atomic mass is 10.1. The Bertz CT molecular complexity index is 1190. The molecule has 31 heavy (non-hydrogen) atoms. The van der Waals surface area contributed by atoms with Gasteiger partial charge in [-0.3, -0.25) is 0 Å². The first-order chi connectivity index (χ1) is 15.0. The lowest BCUT2D eigenvalue weighted by Crippen LogP contribution is -2.02. The van der Waals surface area contributed by atoms with Gasteiger partial charge >= 0.3 is 5.97 Å². The van der Waals surface area contributed by atoms with Crippen LogP contribution in [0.2, 0.25) is 4.34 Å². The summed E-state index contributed by atoms with van der Waals surface area (Å²) in [5.41, 5.74) is 2.83. The summed E-state index contributed by atoms with van der Waals surface area (Å²) in [5.74, 6) is -0.471. The van der Waals surface area contributed by atoms with Crippen molar-refractivity contribution < 1.29 is 19.0 Å². The molecular weight excluding hydrogens is 439 g/mol. The van der Waals surface area contributed by atoms with Gasteiger partial charge in [-0.1, -0.05) is 35.9 Å². The molecule has 0 aliphatic carbocycles. The van der Waals surface area contributed by atoms with E-state index in [2.05, 4.69) is 0 Å². The highest BCUT2D eigenvalue weighted by atomic mass is 35.5. The van der Waals surface area contributed by atoms with E-state index in [1.807, 2.05) is 22.9 Å². The maximum atomic E-state index is 13.0. The van der Waals surface area contributed by atoms with E-state index in [0.29, 0.717) is 24.1 Å². The number of rotatable bonds is 8. The summed E-state index contributed by atoms with van der Waals surface area (Å²) in [5, 5.41) is 9.08. The van der Waals surface area contributed by atoms with Crippen LogP contribution in [0.25, 0.3) is 10.7 Å². The highest BCUT2D eigenvalue weighted by molar-refractivity contribution is 7.19. The Balaban J connectivity index is 1.52. The third-order valence-electron chi connectivity index (χ3n) is 4.61. The SMILES string of the molecule is O=C(O)c1ccc(Cn2cc(COCc3ccc(F)cc3)nc2-c2ccc(Cl)s2)cc1. The molecule has 0 fully saturated rings. The molecule has 0 bridgehead atoms. The Kier molecular flexibility index (Phi) is 6.46. The maximum absolute atomic E-state index is 13.0.